The van der Waals surface area contributed by atoms with E-state index in [9.17, 15) is 14.4 Å². The van der Waals surface area contributed by atoms with Crippen LogP contribution in [-0.4, -0.2) is 17.9 Å². The van der Waals surface area contributed by atoms with Crippen LogP contribution in [-0.2, 0) is 14.4 Å². The lowest BCUT2D eigenvalue weighted by Crippen LogP contribution is -2.54. The van der Waals surface area contributed by atoms with Crippen LogP contribution in [0.1, 0.15) is 65.7 Å². The number of carbonyl (C=O) groups is 3. The zero-order valence-electron chi connectivity index (χ0n) is 15.7. The highest BCUT2D eigenvalue weighted by Crippen LogP contribution is 2.67. The highest BCUT2D eigenvalue weighted by molar-refractivity contribution is 5.94. The molecule has 4 aliphatic rings. The quantitative estimate of drug-likeness (QED) is 0.708. The average Bonchev–Trinajstić information content (AvgIpc) is 2.92. The molecular formula is C22H30O3. The zero-order valence-corrected chi connectivity index (χ0v) is 15.7. The van der Waals surface area contributed by atoms with E-state index in [4.69, 9.17) is 0 Å². The molecule has 3 heteroatoms. The fourth-order valence-corrected chi connectivity index (χ4v) is 7.54. The van der Waals surface area contributed by atoms with Gasteiger partial charge in [-0.1, -0.05) is 19.4 Å². The Hall–Kier alpha value is -1.25. The van der Waals surface area contributed by atoms with Crippen LogP contribution in [0.15, 0.2) is 11.6 Å². The van der Waals surface area contributed by atoms with E-state index in [1.54, 1.807) is 6.92 Å². The lowest BCUT2D eigenvalue weighted by molar-refractivity contribution is -0.133. The number of Topliss-reactive ketones (excluding diaryl/α,β-unsaturated/α-hetero) is 1. The Kier molecular flexibility index (Phi) is 3.86. The summed E-state index contributed by atoms with van der Waals surface area (Å²) in [5.74, 6) is 2.23. The van der Waals surface area contributed by atoms with Crippen LogP contribution in [0.5, 0.6) is 0 Å². The van der Waals surface area contributed by atoms with Crippen molar-refractivity contribution >= 4 is 17.9 Å². The first kappa shape index (κ1) is 17.2. The third-order valence-electron chi connectivity index (χ3n) is 8.83. The topological polar surface area (TPSA) is 51.2 Å². The minimum Gasteiger partial charge on any atom is -0.303 e. The lowest BCUT2D eigenvalue weighted by Gasteiger charge is -2.59. The van der Waals surface area contributed by atoms with Crippen LogP contribution in [0.3, 0.4) is 0 Å². The van der Waals surface area contributed by atoms with Crippen molar-refractivity contribution < 1.29 is 14.4 Å². The molecule has 3 saturated carbocycles. The number of fused-ring (bicyclic) bond motifs is 5. The molecule has 7 atom stereocenters. The maximum Gasteiger partial charge on any atom is 0.156 e. The molecule has 0 aromatic carbocycles. The third kappa shape index (κ3) is 2.20. The van der Waals surface area contributed by atoms with Gasteiger partial charge in [0, 0.05) is 23.7 Å². The van der Waals surface area contributed by atoms with E-state index in [1.165, 1.54) is 5.57 Å². The second-order valence-electron chi connectivity index (χ2n) is 9.57. The van der Waals surface area contributed by atoms with Gasteiger partial charge in [-0.25, -0.2) is 0 Å². The van der Waals surface area contributed by atoms with E-state index in [0.29, 0.717) is 30.0 Å². The molecule has 0 amide bonds. The van der Waals surface area contributed by atoms with Crippen molar-refractivity contribution in [2.24, 2.45) is 40.4 Å². The summed E-state index contributed by atoms with van der Waals surface area (Å²) >= 11 is 0. The van der Waals surface area contributed by atoms with Crippen molar-refractivity contribution in [2.75, 3.05) is 0 Å². The number of ketones is 2. The van der Waals surface area contributed by atoms with Gasteiger partial charge in [-0.3, -0.25) is 9.59 Å². The van der Waals surface area contributed by atoms with Crippen LogP contribution in [0, 0.1) is 40.4 Å². The molecule has 0 radical (unpaired) electrons. The van der Waals surface area contributed by atoms with Crippen molar-refractivity contribution in [3.8, 4) is 0 Å². The molecule has 0 aromatic rings. The Bertz CT molecular complexity index is 662. The molecule has 0 aliphatic heterocycles. The van der Waals surface area contributed by atoms with Crippen molar-refractivity contribution in [3.63, 3.8) is 0 Å². The van der Waals surface area contributed by atoms with Gasteiger partial charge in [0.25, 0.3) is 0 Å². The van der Waals surface area contributed by atoms with Crippen molar-refractivity contribution in [2.45, 2.75) is 65.7 Å². The van der Waals surface area contributed by atoms with E-state index in [0.717, 1.165) is 44.8 Å². The standard InChI is InChI=1S/C22H30O3/c1-13(24)18-6-7-19-17-5-4-14-10-16(25)11-15(12-23)22(14,3)20(17)8-9-21(18,19)2/h10,12,15,17-20H,4-9,11H2,1-3H3/t15?,17-,18+,19-,20-,21+,22-/m0/s1. The minimum atomic E-state index is -0.165. The Morgan fingerprint density at radius 1 is 1.16 bits per heavy atom. The highest BCUT2D eigenvalue weighted by Gasteiger charge is 2.61. The normalized spacial score (nSPS) is 48.8. The van der Waals surface area contributed by atoms with Gasteiger partial charge < -0.3 is 4.79 Å². The van der Waals surface area contributed by atoms with Crippen molar-refractivity contribution in [1.29, 1.82) is 0 Å². The van der Waals surface area contributed by atoms with E-state index in [1.807, 2.05) is 6.08 Å². The number of hydrogen-bond donors (Lipinski definition) is 0. The van der Waals surface area contributed by atoms with Gasteiger partial charge in [0.1, 0.15) is 12.1 Å². The Morgan fingerprint density at radius 3 is 2.60 bits per heavy atom. The molecule has 0 spiro atoms. The fraction of sp³-hybridized carbons (Fsp3) is 0.773. The van der Waals surface area contributed by atoms with Gasteiger partial charge in [-0.2, -0.15) is 0 Å². The fourth-order valence-electron chi connectivity index (χ4n) is 7.54. The molecule has 3 fully saturated rings. The predicted octanol–water partition coefficient (Wildman–Crippen LogP) is 4.15. The molecule has 0 aromatic heterocycles. The number of rotatable bonds is 2. The molecule has 0 heterocycles. The molecule has 4 rings (SSSR count). The first-order valence-corrected chi connectivity index (χ1v) is 10.0. The van der Waals surface area contributed by atoms with Crippen molar-refractivity contribution in [1.82, 2.24) is 0 Å². The second kappa shape index (κ2) is 5.62. The molecular weight excluding hydrogens is 312 g/mol. The Labute approximate surface area is 150 Å². The maximum atomic E-state index is 12.2. The summed E-state index contributed by atoms with van der Waals surface area (Å²) in [6.45, 7) is 6.37. The van der Waals surface area contributed by atoms with Gasteiger partial charge in [0.15, 0.2) is 5.78 Å². The molecule has 0 bridgehead atoms. The average molecular weight is 342 g/mol. The first-order chi connectivity index (χ1) is 11.8. The maximum absolute atomic E-state index is 12.2. The van der Waals surface area contributed by atoms with Crippen molar-refractivity contribution in [3.05, 3.63) is 11.6 Å². The van der Waals surface area contributed by atoms with Crippen LogP contribution in [0.25, 0.3) is 0 Å². The van der Waals surface area contributed by atoms with Gasteiger partial charge >= 0.3 is 0 Å². The van der Waals surface area contributed by atoms with Crippen LogP contribution < -0.4 is 0 Å². The monoisotopic (exact) mass is 342 g/mol. The van der Waals surface area contributed by atoms with E-state index >= 15 is 0 Å². The van der Waals surface area contributed by atoms with E-state index in [-0.39, 0.29) is 28.4 Å². The minimum absolute atomic E-state index is 0.126. The zero-order chi connectivity index (χ0) is 18.0. The summed E-state index contributed by atoms with van der Waals surface area (Å²) in [5, 5.41) is 0. The Morgan fingerprint density at radius 2 is 1.92 bits per heavy atom. The second-order valence-corrected chi connectivity index (χ2v) is 9.57. The summed E-state index contributed by atoms with van der Waals surface area (Å²) < 4.78 is 0. The smallest absolute Gasteiger partial charge is 0.156 e. The lowest BCUT2D eigenvalue weighted by atomic mass is 9.45. The SMILES string of the molecule is CC(=O)[C@H]1CC[C@H]2[C@@H]3CCC4=CC(=O)CC(C=O)[C@@]4(C)[C@H]3CC[C@]12C. The predicted molar refractivity (Wildman–Crippen MR) is 95.8 cm³/mol. The van der Waals surface area contributed by atoms with Gasteiger partial charge in [-0.05, 0) is 74.7 Å². The molecule has 3 nitrogen and oxygen atoms in total. The summed E-state index contributed by atoms with van der Waals surface area (Å²) in [6, 6.07) is 0. The molecule has 1 unspecified atom stereocenters. The van der Waals surface area contributed by atoms with Crippen LogP contribution >= 0.6 is 0 Å². The molecule has 25 heavy (non-hydrogen) atoms. The number of allylic oxidation sites excluding steroid dienone is 1. The van der Waals surface area contributed by atoms with E-state index < -0.39 is 0 Å². The largest absolute Gasteiger partial charge is 0.303 e. The summed E-state index contributed by atoms with van der Waals surface area (Å²) in [5.41, 5.74) is 1.23. The van der Waals surface area contributed by atoms with Gasteiger partial charge in [-0.15, -0.1) is 0 Å². The molecule has 0 saturated heterocycles. The number of hydrogen-bond acceptors (Lipinski definition) is 3. The third-order valence-corrected chi connectivity index (χ3v) is 8.83. The summed E-state index contributed by atoms with van der Waals surface area (Å²) in [6.07, 6.45) is 9.73. The highest BCUT2D eigenvalue weighted by atomic mass is 16.1. The Balaban J connectivity index is 1.72. The molecule has 4 aliphatic carbocycles. The summed E-state index contributed by atoms with van der Waals surface area (Å²) in [4.78, 5) is 36.1. The molecule has 0 N–H and O–H groups in total. The number of aldehydes is 1. The van der Waals surface area contributed by atoms with E-state index in [2.05, 4.69) is 13.8 Å². The van der Waals surface area contributed by atoms with Crippen LogP contribution in [0.4, 0.5) is 0 Å². The summed E-state index contributed by atoms with van der Waals surface area (Å²) in [7, 11) is 0. The van der Waals surface area contributed by atoms with Gasteiger partial charge in [0.2, 0.25) is 0 Å². The number of carbonyl (C=O) groups excluding carboxylic acids is 3. The van der Waals surface area contributed by atoms with Gasteiger partial charge in [0.05, 0.1) is 0 Å². The van der Waals surface area contributed by atoms with Crippen LogP contribution in [0.2, 0.25) is 0 Å². The molecule has 136 valence electrons. The first-order valence-electron chi connectivity index (χ1n) is 10.0.